The number of aliphatic hydroxyl groups excluding tert-OH is 1. The van der Waals surface area contributed by atoms with Crippen molar-refractivity contribution in [3.05, 3.63) is 59.4 Å². The minimum absolute atomic E-state index is 0.000273. The first-order chi connectivity index (χ1) is 12.9. The van der Waals surface area contributed by atoms with E-state index in [2.05, 4.69) is 0 Å². The number of hydrogen-bond acceptors (Lipinski definition) is 6. The van der Waals surface area contributed by atoms with Gasteiger partial charge >= 0.3 is 0 Å². The maximum Gasteiger partial charge on any atom is 0.294 e. The van der Waals surface area contributed by atoms with Gasteiger partial charge in [0.2, 0.25) is 0 Å². The summed E-state index contributed by atoms with van der Waals surface area (Å²) in [5, 5.41) is 19.9. The standard InChI is InChI=1S/C20H19NO6/c1-11(22)17-18(12-4-9-15(26-2)16(10-12)27-3)21(20(25)19(17)24)13-5-7-14(23)8-6-13/h4-10,18,23-24H,1-3H3. The quantitative estimate of drug-likeness (QED) is 0.841. The molecule has 0 saturated carbocycles. The van der Waals surface area contributed by atoms with Crippen molar-refractivity contribution in [3.8, 4) is 17.2 Å². The summed E-state index contributed by atoms with van der Waals surface area (Å²) >= 11 is 0. The number of aliphatic hydroxyl groups is 1. The van der Waals surface area contributed by atoms with Crippen molar-refractivity contribution in [2.45, 2.75) is 13.0 Å². The van der Waals surface area contributed by atoms with Gasteiger partial charge in [0.15, 0.2) is 23.0 Å². The highest BCUT2D eigenvalue weighted by atomic mass is 16.5. The third-order valence-corrected chi connectivity index (χ3v) is 4.44. The van der Waals surface area contributed by atoms with Crippen LogP contribution in [0.2, 0.25) is 0 Å². The molecule has 27 heavy (non-hydrogen) atoms. The molecule has 1 aliphatic heterocycles. The molecule has 0 bridgehead atoms. The minimum atomic E-state index is -0.834. The Kier molecular flexibility index (Phi) is 4.77. The zero-order valence-electron chi connectivity index (χ0n) is 15.1. The van der Waals surface area contributed by atoms with Gasteiger partial charge in [0.25, 0.3) is 5.91 Å². The van der Waals surface area contributed by atoms with Gasteiger partial charge in [-0.05, 0) is 48.9 Å². The molecule has 0 fully saturated rings. The molecule has 140 valence electrons. The highest BCUT2D eigenvalue weighted by Gasteiger charge is 2.43. The number of phenols is 1. The molecule has 1 unspecified atom stereocenters. The van der Waals surface area contributed by atoms with Crippen LogP contribution in [-0.2, 0) is 9.59 Å². The molecule has 1 heterocycles. The smallest absolute Gasteiger partial charge is 0.294 e. The highest BCUT2D eigenvalue weighted by molar-refractivity contribution is 6.16. The van der Waals surface area contributed by atoms with Crippen molar-refractivity contribution in [1.82, 2.24) is 0 Å². The molecule has 3 rings (SSSR count). The second-order valence-electron chi connectivity index (χ2n) is 6.03. The number of amides is 1. The van der Waals surface area contributed by atoms with E-state index in [1.54, 1.807) is 18.2 Å². The van der Waals surface area contributed by atoms with E-state index in [1.807, 2.05) is 0 Å². The molecule has 2 aromatic rings. The van der Waals surface area contributed by atoms with E-state index < -0.39 is 23.5 Å². The Labute approximate surface area is 156 Å². The summed E-state index contributed by atoms with van der Waals surface area (Å²) in [6.45, 7) is 1.30. The number of ketones is 1. The van der Waals surface area contributed by atoms with Crippen LogP contribution in [0.15, 0.2) is 53.8 Å². The number of Topliss-reactive ketones (excluding diaryl/α,β-unsaturated/α-hetero) is 1. The summed E-state index contributed by atoms with van der Waals surface area (Å²) in [6, 6.07) is 10.1. The van der Waals surface area contributed by atoms with Crippen LogP contribution in [0.25, 0.3) is 0 Å². The Bertz CT molecular complexity index is 932. The number of ether oxygens (including phenoxy) is 2. The number of rotatable bonds is 5. The van der Waals surface area contributed by atoms with Crippen molar-refractivity contribution in [3.63, 3.8) is 0 Å². The van der Waals surface area contributed by atoms with Gasteiger partial charge in [0.05, 0.1) is 25.8 Å². The van der Waals surface area contributed by atoms with E-state index in [0.29, 0.717) is 22.7 Å². The summed E-state index contributed by atoms with van der Waals surface area (Å²) in [7, 11) is 2.99. The Hall–Kier alpha value is -3.48. The number of carbonyl (C=O) groups is 2. The lowest BCUT2D eigenvalue weighted by Crippen LogP contribution is -2.30. The van der Waals surface area contributed by atoms with Gasteiger partial charge in [-0.3, -0.25) is 14.5 Å². The maximum absolute atomic E-state index is 12.7. The largest absolute Gasteiger partial charge is 0.508 e. The molecule has 0 saturated heterocycles. The van der Waals surface area contributed by atoms with E-state index in [9.17, 15) is 19.8 Å². The highest BCUT2D eigenvalue weighted by Crippen LogP contribution is 2.43. The number of hydrogen-bond donors (Lipinski definition) is 2. The van der Waals surface area contributed by atoms with Crippen LogP contribution in [0.1, 0.15) is 18.5 Å². The van der Waals surface area contributed by atoms with Gasteiger partial charge in [0, 0.05) is 5.69 Å². The summed E-state index contributed by atoms with van der Waals surface area (Å²) in [4.78, 5) is 26.2. The fraction of sp³-hybridized carbons (Fsp3) is 0.200. The van der Waals surface area contributed by atoms with E-state index in [0.717, 1.165) is 0 Å². The zero-order chi connectivity index (χ0) is 19.7. The van der Waals surface area contributed by atoms with Crippen molar-refractivity contribution >= 4 is 17.4 Å². The molecule has 0 radical (unpaired) electrons. The molecule has 2 aromatic carbocycles. The summed E-state index contributed by atoms with van der Waals surface area (Å²) < 4.78 is 10.6. The Morgan fingerprint density at radius 3 is 2.19 bits per heavy atom. The number of methoxy groups -OCH3 is 2. The molecule has 1 atom stereocenters. The normalized spacial score (nSPS) is 16.6. The lowest BCUT2D eigenvalue weighted by Gasteiger charge is -2.27. The number of aromatic hydroxyl groups is 1. The first kappa shape index (κ1) is 18.3. The van der Waals surface area contributed by atoms with Crippen LogP contribution in [0.3, 0.4) is 0 Å². The van der Waals surface area contributed by atoms with E-state index in [1.165, 1.54) is 50.3 Å². The Balaban J connectivity index is 2.18. The summed E-state index contributed by atoms with van der Waals surface area (Å²) in [5.74, 6) is -0.721. The molecule has 1 aliphatic rings. The molecule has 0 spiro atoms. The predicted molar refractivity (Wildman–Crippen MR) is 98.2 cm³/mol. The zero-order valence-corrected chi connectivity index (χ0v) is 15.1. The molecule has 0 aliphatic carbocycles. The van der Waals surface area contributed by atoms with Gasteiger partial charge in [0.1, 0.15) is 5.75 Å². The van der Waals surface area contributed by atoms with E-state index >= 15 is 0 Å². The minimum Gasteiger partial charge on any atom is -0.508 e. The van der Waals surface area contributed by atoms with Gasteiger partial charge in [-0.2, -0.15) is 0 Å². The first-order valence-electron chi connectivity index (χ1n) is 8.17. The van der Waals surface area contributed by atoms with Gasteiger partial charge in [-0.15, -0.1) is 0 Å². The van der Waals surface area contributed by atoms with Crippen LogP contribution in [0.4, 0.5) is 5.69 Å². The second kappa shape index (κ2) is 7.03. The topological polar surface area (TPSA) is 96.3 Å². The molecule has 2 N–H and O–H groups in total. The third-order valence-electron chi connectivity index (χ3n) is 4.44. The number of anilines is 1. The van der Waals surface area contributed by atoms with E-state index in [-0.39, 0.29) is 11.3 Å². The van der Waals surface area contributed by atoms with Crippen molar-refractivity contribution in [2.75, 3.05) is 19.1 Å². The molecular weight excluding hydrogens is 350 g/mol. The van der Waals surface area contributed by atoms with E-state index in [4.69, 9.17) is 9.47 Å². The monoisotopic (exact) mass is 369 g/mol. The molecule has 1 amide bonds. The number of nitrogens with zero attached hydrogens (tertiary/aromatic N) is 1. The third kappa shape index (κ3) is 3.08. The number of benzene rings is 2. The second-order valence-corrected chi connectivity index (χ2v) is 6.03. The Morgan fingerprint density at radius 2 is 1.63 bits per heavy atom. The van der Waals surface area contributed by atoms with Crippen molar-refractivity contribution in [1.29, 1.82) is 0 Å². The fourth-order valence-electron chi connectivity index (χ4n) is 3.18. The van der Waals surface area contributed by atoms with Gasteiger partial charge in [-0.25, -0.2) is 0 Å². The van der Waals surface area contributed by atoms with Gasteiger partial charge in [-0.1, -0.05) is 6.07 Å². The van der Waals surface area contributed by atoms with Crippen LogP contribution >= 0.6 is 0 Å². The molecule has 7 heteroatoms. The lowest BCUT2D eigenvalue weighted by molar-refractivity contribution is -0.117. The maximum atomic E-state index is 12.7. The average Bonchev–Trinajstić information content (AvgIpc) is 2.93. The van der Waals surface area contributed by atoms with Crippen molar-refractivity contribution < 1.29 is 29.3 Å². The number of phenolic OH excluding ortho intramolecular Hbond substituents is 1. The number of carbonyl (C=O) groups excluding carboxylic acids is 2. The SMILES string of the molecule is COc1ccc(C2C(C(C)=O)=C(O)C(=O)N2c2ccc(O)cc2)cc1OC. The Morgan fingerprint density at radius 1 is 1.00 bits per heavy atom. The summed E-state index contributed by atoms with van der Waals surface area (Å²) in [6.07, 6.45) is 0. The van der Waals surface area contributed by atoms with Crippen LogP contribution in [-0.4, -0.2) is 36.1 Å². The lowest BCUT2D eigenvalue weighted by atomic mass is 9.96. The van der Waals surface area contributed by atoms with Crippen LogP contribution < -0.4 is 14.4 Å². The van der Waals surface area contributed by atoms with Gasteiger partial charge < -0.3 is 19.7 Å². The molecule has 7 nitrogen and oxygen atoms in total. The average molecular weight is 369 g/mol. The van der Waals surface area contributed by atoms with Crippen LogP contribution in [0, 0.1) is 0 Å². The first-order valence-corrected chi connectivity index (χ1v) is 8.17. The summed E-state index contributed by atoms with van der Waals surface area (Å²) in [5.41, 5.74) is 1.00. The fourth-order valence-corrected chi connectivity index (χ4v) is 3.18. The predicted octanol–water partition coefficient (Wildman–Crippen LogP) is 2.90. The van der Waals surface area contributed by atoms with Crippen LogP contribution in [0.5, 0.6) is 17.2 Å². The molecule has 0 aromatic heterocycles. The van der Waals surface area contributed by atoms with Crippen molar-refractivity contribution in [2.24, 2.45) is 0 Å². The molecular formula is C20H19NO6.